The second-order valence-corrected chi connectivity index (χ2v) is 1.40. The van der Waals surface area contributed by atoms with E-state index in [-0.39, 0.29) is 31.0 Å². The Labute approximate surface area is 61.3 Å². The second kappa shape index (κ2) is 4.98. The summed E-state index contributed by atoms with van der Waals surface area (Å²) in [7, 11) is 0. The molecule has 0 aromatic heterocycles. The van der Waals surface area contributed by atoms with E-state index in [0.717, 1.165) is 0 Å². The summed E-state index contributed by atoms with van der Waals surface area (Å²) < 4.78 is 0. The summed E-state index contributed by atoms with van der Waals surface area (Å²) in [6.45, 7) is 2.85. The van der Waals surface area contributed by atoms with Crippen LogP contribution in [0.4, 0.5) is 0 Å². The van der Waals surface area contributed by atoms with Gasteiger partial charge in [0.1, 0.15) is 0 Å². The molecule has 0 heterocycles. The minimum absolute atomic E-state index is 0. The van der Waals surface area contributed by atoms with Crippen molar-refractivity contribution in [3.63, 3.8) is 0 Å². The van der Waals surface area contributed by atoms with E-state index in [1.165, 1.54) is 19.9 Å². The fourth-order valence-corrected chi connectivity index (χ4v) is 0.294. The molecule has 0 amide bonds. The number of carbonyl (C=O) groups is 1. The van der Waals surface area contributed by atoms with E-state index in [0.29, 0.717) is 0 Å². The Hall–Kier alpha value is -0.167. The van der Waals surface area contributed by atoms with Gasteiger partial charge in [-0.05, 0) is 13.8 Å². The largest absolute Gasteiger partial charge is 0.512 e. The molecule has 0 unspecified atom stereocenters. The van der Waals surface area contributed by atoms with Crippen LogP contribution in [0.15, 0.2) is 11.8 Å². The summed E-state index contributed by atoms with van der Waals surface area (Å²) in [6, 6.07) is 0. The first kappa shape index (κ1) is 10.7. The number of ketones is 1. The van der Waals surface area contributed by atoms with Gasteiger partial charge in [-0.2, -0.15) is 0 Å². The van der Waals surface area contributed by atoms with Crippen molar-refractivity contribution in [2.45, 2.75) is 13.8 Å². The maximum absolute atomic E-state index is 10.0. The predicted molar refractivity (Wildman–Crippen MR) is 27.1 cm³/mol. The molecule has 0 atom stereocenters. The summed E-state index contributed by atoms with van der Waals surface area (Å²) >= 11 is 0. The van der Waals surface area contributed by atoms with Crippen molar-refractivity contribution >= 4 is 5.78 Å². The zero-order chi connectivity index (χ0) is 5.86. The van der Waals surface area contributed by atoms with Gasteiger partial charge in [0.05, 0.1) is 5.76 Å². The average molecular weight is 201 g/mol. The van der Waals surface area contributed by atoms with Gasteiger partial charge in [-0.1, -0.05) is 0 Å². The molecule has 0 bridgehead atoms. The number of aliphatic hydroxyl groups excluding tert-OH is 1. The number of hydrogen-bond acceptors (Lipinski definition) is 2. The van der Waals surface area contributed by atoms with Gasteiger partial charge < -0.3 is 5.11 Å². The van der Waals surface area contributed by atoms with Crippen LogP contribution in [0.2, 0.25) is 0 Å². The third-order valence-corrected chi connectivity index (χ3v) is 0.412. The first-order valence-corrected chi connectivity index (χ1v) is 2.01. The van der Waals surface area contributed by atoms with Crippen molar-refractivity contribution < 1.29 is 29.4 Å². The maximum atomic E-state index is 10.0. The number of aliphatic hydroxyl groups is 1. The standard InChI is InChI=1S/C5H8O2.Ru/c1-4(6)3-5(2)7;/h3,6H,1-2H3;/b4-3-;. The van der Waals surface area contributed by atoms with Gasteiger partial charge in [-0.25, -0.2) is 0 Å². The molecule has 0 saturated heterocycles. The molecule has 8 heavy (non-hydrogen) atoms. The van der Waals surface area contributed by atoms with Gasteiger partial charge in [0, 0.05) is 25.6 Å². The minimum Gasteiger partial charge on any atom is -0.512 e. The zero-order valence-electron chi connectivity index (χ0n) is 4.79. The van der Waals surface area contributed by atoms with Crippen LogP contribution in [0.1, 0.15) is 13.8 Å². The molecule has 0 aromatic rings. The van der Waals surface area contributed by atoms with Crippen molar-refractivity contribution in [2.75, 3.05) is 0 Å². The van der Waals surface area contributed by atoms with Gasteiger partial charge in [0.15, 0.2) is 5.78 Å². The first-order valence-electron chi connectivity index (χ1n) is 2.01. The Bertz CT molecular complexity index is 103. The van der Waals surface area contributed by atoms with Crippen LogP contribution in [-0.2, 0) is 24.3 Å². The average Bonchev–Trinajstić information content (AvgIpc) is 1.27. The topological polar surface area (TPSA) is 37.3 Å². The molecule has 0 spiro atoms. The Kier molecular flexibility index (Phi) is 6.69. The molecule has 1 N–H and O–H groups in total. The van der Waals surface area contributed by atoms with E-state index in [4.69, 9.17) is 5.11 Å². The number of carbonyl (C=O) groups excluding carboxylic acids is 1. The molecule has 0 saturated carbocycles. The van der Waals surface area contributed by atoms with Gasteiger partial charge in [-0.15, -0.1) is 0 Å². The summed E-state index contributed by atoms with van der Waals surface area (Å²) in [4.78, 5) is 10.0. The van der Waals surface area contributed by atoms with Crippen molar-refractivity contribution in [1.82, 2.24) is 0 Å². The van der Waals surface area contributed by atoms with E-state index in [1.54, 1.807) is 0 Å². The molecule has 0 radical (unpaired) electrons. The molecule has 3 heteroatoms. The first-order chi connectivity index (χ1) is 3.13. The molecule has 0 fully saturated rings. The summed E-state index contributed by atoms with van der Waals surface area (Å²) in [5.74, 6) is -0.0625. The van der Waals surface area contributed by atoms with Crippen LogP contribution in [-0.4, -0.2) is 10.9 Å². The summed E-state index contributed by atoms with van der Waals surface area (Å²) in [5.41, 5.74) is 0. The molecule has 0 aliphatic carbocycles. The fraction of sp³-hybridized carbons (Fsp3) is 0.400. The normalized spacial score (nSPS) is 10.0. The molecule has 0 aromatic carbocycles. The van der Waals surface area contributed by atoms with Crippen LogP contribution in [0.5, 0.6) is 0 Å². The molecule has 0 aliphatic heterocycles. The van der Waals surface area contributed by atoms with Gasteiger partial charge in [0.25, 0.3) is 0 Å². The van der Waals surface area contributed by atoms with E-state index in [1.807, 2.05) is 0 Å². The van der Waals surface area contributed by atoms with Crippen LogP contribution >= 0.6 is 0 Å². The number of rotatable bonds is 1. The zero-order valence-corrected chi connectivity index (χ0v) is 6.52. The molecule has 0 rings (SSSR count). The third-order valence-electron chi connectivity index (χ3n) is 0.412. The number of hydrogen-bond donors (Lipinski definition) is 1. The maximum Gasteiger partial charge on any atom is 0.155 e. The van der Waals surface area contributed by atoms with E-state index in [2.05, 4.69) is 0 Å². The Morgan fingerprint density at radius 2 is 1.88 bits per heavy atom. The second-order valence-electron chi connectivity index (χ2n) is 1.40. The molecule has 2 nitrogen and oxygen atoms in total. The smallest absolute Gasteiger partial charge is 0.155 e. The monoisotopic (exact) mass is 202 g/mol. The quantitative estimate of drug-likeness (QED) is 0.391. The molecule has 0 aliphatic rings. The van der Waals surface area contributed by atoms with Crippen molar-refractivity contribution in [3.05, 3.63) is 11.8 Å². The van der Waals surface area contributed by atoms with Gasteiger partial charge >= 0.3 is 0 Å². The minimum atomic E-state index is -0.125. The fourth-order valence-electron chi connectivity index (χ4n) is 0.294. The van der Waals surface area contributed by atoms with E-state index in [9.17, 15) is 4.79 Å². The van der Waals surface area contributed by atoms with Gasteiger partial charge in [0.2, 0.25) is 0 Å². The van der Waals surface area contributed by atoms with Gasteiger partial charge in [-0.3, -0.25) is 4.79 Å². The SMILES string of the molecule is CC(=O)/C=C(/C)O.[Ru]. The molecular formula is C5H8O2Ru. The van der Waals surface area contributed by atoms with Crippen LogP contribution in [0, 0.1) is 0 Å². The third kappa shape index (κ3) is 9.27. The Morgan fingerprint density at radius 1 is 1.50 bits per heavy atom. The van der Waals surface area contributed by atoms with Crippen LogP contribution in [0.3, 0.4) is 0 Å². The van der Waals surface area contributed by atoms with Crippen LogP contribution in [0.25, 0.3) is 0 Å². The molecule has 48 valence electrons. The molecular weight excluding hydrogens is 193 g/mol. The predicted octanol–water partition coefficient (Wildman–Crippen LogP) is 1.03. The Balaban J connectivity index is 0. The Morgan fingerprint density at radius 3 is 1.88 bits per heavy atom. The number of allylic oxidation sites excluding steroid dienone is 2. The van der Waals surface area contributed by atoms with E-state index < -0.39 is 0 Å². The van der Waals surface area contributed by atoms with Crippen molar-refractivity contribution in [1.29, 1.82) is 0 Å². The summed E-state index contributed by atoms with van der Waals surface area (Å²) in [6.07, 6.45) is 1.17. The van der Waals surface area contributed by atoms with Crippen molar-refractivity contribution in [3.8, 4) is 0 Å². The van der Waals surface area contributed by atoms with E-state index >= 15 is 0 Å². The van der Waals surface area contributed by atoms with Crippen molar-refractivity contribution in [2.24, 2.45) is 0 Å². The summed E-state index contributed by atoms with van der Waals surface area (Å²) in [5, 5.41) is 8.36. The van der Waals surface area contributed by atoms with Crippen LogP contribution < -0.4 is 0 Å².